The molecule has 1 saturated heterocycles. The molecule has 2 aliphatic rings. The summed E-state index contributed by atoms with van der Waals surface area (Å²) in [5.74, 6) is 0. The number of nitrogens with zero attached hydrogens (tertiary/aromatic N) is 1. The van der Waals surface area contributed by atoms with Gasteiger partial charge in [0.2, 0.25) is 0 Å². The second-order valence-electron chi connectivity index (χ2n) is 8.02. The Kier molecular flexibility index (Phi) is 4.86. The Labute approximate surface area is 139 Å². The molecular weight excluding hydrogens is 297 g/mol. The summed E-state index contributed by atoms with van der Waals surface area (Å²) in [6.45, 7) is 14.8. The second-order valence-corrected chi connectivity index (χ2v) is 8.02. The van der Waals surface area contributed by atoms with Crippen LogP contribution in [0.1, 0.15) is 48.5 Å². The van der Waals surface area contributed by atoms with Gasteiger partial charge in [0.1, 0.15) is 5.60 Å². The minimum Gasteiger partial charge on any atom is -0.443 e. The molecule has 6 nitrogen and oxygen atoms in total. The first kappa shape index (κ1) is 18.3. The molecule has 1 amide bonds. The highest BCUT2D eigenvalue weighted by Crippen LogP contribution is 2.38. The van der Waals surface area contributed by atoms with Gasteiger partial charge in [-0.1, -0.05) is 0 Å². The van der Waals surface area contributed by atoms with E-state index in [2.05, 4.69) is 0 Å². The maximum Gasteiger partial charge on any atom is 0.494 e. The lowest BCUT2D eigenvalue weighted by molar-refractivity contribution is 0.00578. The van der Waals surface area contributed by atoms with Crippen LogP contribution in [-0.4, -0.2) is 54.7 Å². The Bertz CT molecular complexity index is 479. The van der Waals surface area contributed by atoms with Gasteiger partial charge >= 0.3 is 13.2 Å². The van der Waals surface area contributed by atoms with Crippen LogP contribution < -0.4 is 0 Å². The minimum absolute atomic E-state index is 0.371. The predicted octanol–water partition coefficient (Wildman–Crippen LogP) is 2.77. The molecule has 1 fully saturated rings. The summed E-state index contributed by atoms with van der Waals surface area (Å²) in [4.78, 5) is 13.8. The first-order valence-corrected chi connectivity index (χ1v) is 8.05. The van der Waals surface area contributed by atoms with Crippen LogP contribution in [0, 0.1) is 0 Å². The molecule has 23 heavy (non-hydrogen) atoms. The van der Waals surface area contributed by atoms with Crippen molar-refractivity contribution in [2.45, 2.75) is 65.3 Å². The van der Waals surface area contributed by atoms with Crippen LogP contribution in [0.5, 0.6) is 0 Å². The average Bonchev–Trinajstić information content (AvgIpc) is 2.56. The zero-order valence-corrected chi connectivity index (χ0v) is 15.3. The van der Waals surface area contributed by atoms with Crippen LogP contribution in [0.2, 0.25) is 0 Å². The van der Waals surface area contributed by atoms with E-state index in [1.54, 1.807) is 6.20 Å². The van der Waals surface area contributed by atoms with Gasteiger partial charge in [0.05, 0.1) is 31.0 Å². The number of amides is 1. The summed E-state index contributed by atoms with van der Waals surface area (Å²) in [6, 6.07) is 0. The van der Waals surface area contributed by atoms with Crippen LogP contribution in [0.25, 0.3) is 0 Å². The zero-order chi connectivity index (χ0) is 17.5. The molecule has 130 valence electrons. The molecule has 0 spiro atoms. The van der Waals surface area contributed by atoms with Crippen molar-refractivity contribution in [3.05, 3.63) is 11.7 Å². The number of carbonyl (C=O) groups excluding carboxylic acids is 1. The van der Waals surface area contributed by atoms with Crippen molar-refractivity contribution in [3.8, 4) is 0 Å². The first-order valence-electron chi connectivity index (χ1n) is 8.05. The third-order valence-electron chi connectivity index (χ3n) is 4.25. The maximum atomic E-state index is 12.3. The van der Waals surface area contributed by atoms with Crippen molar-refractivity contribution in [3.63, 3.8) is 0 Å². The Morgan fingerprint density at radius 2 is 1.78 bits per heavy atom. The van der Waals surface area contributed by atoms with Gasteiger partial charge in [0, 0.05) is 11.7 Å². The molecule has 0 aromatic carbocycles. The fraction of sp³-hybridized carbons (Fsp3) is 0.812. The van der Waals surface area contributed by atoms with E-state index in [9.17, 15) is 4.79 Å². The lowest BCUT2D eigenvalue weighted by Gasteiger charge is -2.32. The first-order chi connectivity index (χ1) is 10.4. The molecule has 0 saturated carbocycles. The van der Waals surface area contributed by atoms with Gasteiger partial charge in [-0.3, -0.25) is 4.90 Å². The smallest absolute Gasteiger partial charge is 0.443 e. The van der Waals surface area contributed by atoms with Crippen molar-refractivity contribution < 1.29 is 23.6 Å². The molecule has 7 heteroatoms. The van der Waals surface area contributed by atoms with Crippen LogP contribution >= 0.6 is 0 Å². The molecule has 2 heterocycles. The van der Waals surface area contributed by atoms with Crippen LogP contribution in [0.3, 0.4) is 0 Å². The lowest BCUT2D eigenvalue weighted by atomic mass is 9.79. The Morgan fingerprint density at radius 3 is 2.30 bits per heavy atom. The Morgan fingerprint density at radius 1 is 1.22 bits per heavy atom. The van der Waals surface area contributed by atoms with E-state index < -0.39 is 30.0 Å². The molecule has 0 N–H and O–H groups in total. The molecule has 0 aromatic heterocycles. The molecule has 2 rings (SSSR count). The summed E-state index contributed by atoms with van der Waals surface area (Å²) in [7, 11) is -0.525. The largest absolute Gasteiger partial charge is 0.494 e. The molecule has 0 aromatic rings. The van der Waals surface area contributed by atoms with Gasteiger partial charge in [0.15, 0.2) is 0 Å². The van der Waals surface area contributed by atoms with E-state index >= 15 is 0 Å². The minimum atomic E-state index is -0.539. The summed E-state index contributed by atoms with van der Waals surface area (Å²) in [5.41, 5.74) is -0.613. The Hall–Kier alpha value is -1.05. The highest BCUT2D eigenvalue weighted by Gasteiger charge is 2.52. The zero-order valence-electron chi connectivity index (χ0n) is 15.3. The summed E-state index contributed by atoms with van der Waals surface area (Å²) >= 11 is 0. The number of ether oxygens (including phenoxy) is 2. The Balaban J connectivity index is 2.16. The van der Waals surface area contributed by atoms with Crippen molar-refractivity contribution in [2.75, 3.05) is 19.8 Å². The fourth-order valence-electron chi connectivity index (χ4n) is 2.24. The van der Waals surface area contributed by atoms with Gasteiger partial charge in [-0.15, -0.1) is 0 Å². The molecular formula is C16H28BNO5. The highest BCUT2D eigenvalue weighted by molar-refractivity contribution is 6.54. The van der Waals surface area contributed by atoms with Gasteiger partial charge in [-0.25, -0.2) is 4.79 Å². The summed E-state index contributed by atoms with van der Waals surface area (Å²) in [5, 5.41) is 0. The molecule has 0 unspecified atom stereocenters. The highest BCUT2D eigenvalue weighted by atomic mass is 16.7. The lowest BCUT2D eigenvalue weighted by Crippen LogP contribution is -2.41. The van der Waals surface area contributed by atoms with E-state index in [0.29, 0.717) is 19.8 Å². The van der Waals surface area contributed by atoms with Crippen LogP contribution in [0.4, 0.5) is 4.79 Å². The maximum absolute atomic E-state index is 12.3. The molecule has 0 radical (unpaired) electrons. The van der Waals surface area contributed by atoms with Gasteiger partial charge in [-0.05, 0) is 48.5 Å². The van der Waals surface area contributed by atoms with Crippen LogP contribution in [0.15, 0.2) is 11.7 Å². The quantitative estimate of drug-likeness (QED) is 0.694. The van der Waals surface area contributed by atoms with Gasteiger partial charge < -0.3 is 18.8 Å². The molecule has 0 bridgehead atoms. The number of hydrogen-bond donors (Lipinski definition) is 0. The monoisotopic (exact) mass is 325 g/mol. The normalized spacial score (nSPS) is 24.2. The van der Waals surface area contributed by atoms with E-state index in [0.717, 1.165) is 5.47 Å². The third kappa shape index (κ3) is 4.28. The van der Waals surface area contributed by atoms with Gasteiger partial charge in [0.25, 0.3) is 0 Å². The second kappa shape index (κ2) is 6.11. The number of hydrogen-bond acceptors (Lipinski definition) is 5. The number of carbonyl (C=O) groups is 1. The molecule has 0 aliphatic carbocycles. The molecule has 0 atom stereocenters. The summed E-state index contributed by atoms with van der Waals surface area (Å²) in [6.07, 6.45) is 1.35. The summed E-state index contributed by atoms with van der Waals surface area (Å²) < 4.78 is 23.1. The van der Waals surface area contributed by atoms with Crippen molar-refractivity contribution in [2.24, 2.45) is 0 Å². The third-order valence-corrected chi connectivity index (χ3v) is 4.25. The SMILES string of the molecule is CC(C)(C)OC(=O)N1C=C(B2OC(C)(C)C(C)(C)O2)COCC1. The molecule has 2 aliphatic heterocycles. The predicted molar refractivity (Wildman–Crippen MR) is 87.9 cm³/mol. The van der Waals surface area contributed by atoms with E-state index in [4.69, 9.17) is 18.8 Å². The topological polar surface area (TPSA) is 57.2 Å². The fourth-order valence-corrected chi connectivity index (χ4v) is 2.24. The van der Waals surface area contributed by atoms with Crippen molar-refractivity contribution in [1.82, 2.24) is 4.90 Å². The van der Waals surface area contributed by atoms with E-state index in [1.807, 2.05) is 48.5 Å². The van der Waals surface area contributed by atoms with Crippen molar-refractivity contribution in [1.29, 1.82) is 0 Å². The van der Waals surface area contributed by atoms with E-state index in [-0.39, 0.29) is 0 Å². The van der Waals surface area contributed by atoms with Crippen molar-refractivity contribution >= 4 is 13.2 Å². The van der Waals surface area contributed by atoms with Gasteiger partial charge in [-0.2, -0.15) is 0 Å². The van der Waals surface area contributed by atoms with Crippen LogP contribution in [-0.2, 0) is 18.8 Å². The average molecular weight is 325 g/mol. The number of rotatable bonds is 1. The van der Waals surface area contributed by atoms with E-state index in [1.165, 1.54) is 4.90 Å². The standard InChI is InChI=1S/C16H28BNO5/c1-14(2,3)21-13(19)18-8-9-20-11-12(10-18)17-22-15(4,5)16(6,7)23-17/h10H,8-9,11H2,1-7H3.